The van der Waals surface area contributed by atoms with E-state index in [0.717, 1.165) is 61.5 Å². The Labute approximate surface area is 255 Å². The van der Waals surface area contributed by atoms with Gasteiger partial charge in [-0.05, 0) is 98.8 Å². The lowest BCUT2D eigenvalue weighted by molar-refractivity contribution is -0.135. The van der Waals surface area contributed by atoms with Gasteiger partial charge >= 0.3 is 0 Å². The smallest absolute Gasteiger partial charge is 0.251 e. The fourth-order valence-corrected chi connectivity index (χ4v) is 6.67. The van der Waals surface area contributed by atoms with Crippen LogP contribution in [0.2, 0.25) is 5.02 Å². The van der Waals surface area contributed by atoms with Crippen LogP contribution in [-0.4, -0.2) is 66.4 Å². The zero-order valence-corrected chi connectivity index (χ0v) is 25.6. The molecule has 0 saturated carbocycles. The van der Waals surface area contributed by atoms with Crippen molar-refractivity contribution in [3.8, 4) is 0 Å². The third-order valence-corrected chi connectivity index (χ3v) is 9.06. The van der Waals surface area contributed by atoms with Gasteiger partial charge in [0.25, 0.3) is 5.91 Å². The number of unbranched alkanes of at least 4 members (excludes halogenated alkanes) is 1. The van der Waals surface area contributed by atoms with Crippen molar-refractivity contribution >= 4 is 34.2 Å². The van der Waals surface area contributed by atoms with Crippen molar-refractivity contribution in [3.05, 3.63) is 82.9 Å². The minimum Gasteiger partial charge on any atom is -0.350 e. The van der Waals surface area contributed by atoms with Crippen molar-refractivity contribution in [2.24, 2.45) is 0 Å². The highest BCUT2D eigenvalue weighted by atomic mass is 35.5. The molecule has 6 nitrogen and oxygen atoms in total. The van der Waals surface area contributed by atoms with Crippen molar-refractivity contribution in [1.29, 1.82) is 0 Å². The van der Waals surface area contributed by atoms with Crippen LogP contribution in [0.3, 0.4) is 0 Å². The first-order valence-corrected chi connectivity index (χ1v) is 16.2. The highest BCUT2D eigenvalue weighted by Crippen LogP contribution is 2.30. The number of benzene rings is 3. The summed E-state index contributed by atoms with van der Waals surface area (Å²) in [6.45, 7) is 6.76. The second-order valence-electron chi connectivity index (χ2n) is 11.9. The van der Waals surface area contributed by atoms with E-state index in [0.29, 0.717) is 17.1 Å². The molecule has 2 aliphatic heterocycles. The Morgan fingerprint density at radius 3 is 2.50 bits per heavy atom. The Morgan fingerprint density at radius 2 is 1.71 bits per heavy atom. The van der Waals surface area contributed by atoms with Gasteiger partial charge in [0, 0.05) is 29.7 Å². The maximum atomic E-state index is 14.1. The first-order valence-electron chi connectivity index (χ1n) is 15.8. The van der Waals surface area contributed by atoms with Gasteiger partial charge in [-0.1, -0.05) is 73.8 Å². The number of likely N-dealkylation sites (tertiary alicyclic amines) is 1. The van der Waals surface area contributed by atoms with E-state index in [2.05, 4.69) is 51.6 Å². The Bertz CT molecular complexity index is 1330. The molecule has 2 aliphatic rings. The Hall–Kier alpha value is -2.93. The van der Waals surface area contributed by atoms with Gasteiger partial charge in [0.1, 0.15) is 0 Å². The number of carbonyl (C=O) groups excluding carboxylic acids is 2. The Kier molecular flexibility index (Phi) is 10.9. The number of halogens is 1. The maximum absolute atomic E-state index is 14.1. The summed E-state index contributed by atoms with van der Waals surface area (Å²) >= 11 is 6.14. The summed E-state index contributed by atoms with van der Waals surface area (Å²) in [4.78, 5) is 32.1. The van der Waals surface area contributed by atoms with E-state index < -0.39 is 0 Å². The Balaban J connectivity index is 1.32. The molecule has 0 bridgehead atoms. The average molecular weight is 589 g/mol. The predicted octanol–water partition coefficient (Wildman–Crippen LogP) is 6.59. The van der Waals surface area contributed by atoms with Gasteiger partial charge in [0.2, 0.25) is 5.91 Å². The number of amides is 2. The third-order valence-electron chi connectivity index (χ3n) is 8.83. The van der Waals surface area contributed by atoms with Gasteiger partial charge in [0.15, 0.2) is 0 Å². The monoisotopic (exact) mass is 588 g/mol. The van der Waals surface area contributed by atoms with Gasteiger partial charge in [0.05, 0.1) is 12.1 Å². The van der Waals surface area contributed by atoms with Crippen LogP contribution in [0.1, 0.15) is 80.3 Å². The number of nitrogens with zero attached hydrogens (tertiary/aromatic N) is 2. The standard InChI is InChI=1S/C35H45ClN4O2/c1-2-3-21-40-33(26-11-6-4-7-12-26)24-31(38-32(35(40)42)13-10-20-39-18-8-5-9-19-39)25-37-34(41)29-15-14-28-23-30(36)17-16-27(28)22-29/h4,6-7,11-12,14-17,22-23,31-33,38H,2-3,5,8-10,13,18-21,24-25H2,1H3,(H,37,41)/t31-,32?,33?/m0/s1. The molecular weight excluding hydrogens is 544 g/mol. The van der Waals surface area contributed by atoms with Crippen molar-refractivity contribution in [2.75, 3.05) is 32.7 Å². The molecule has 7 heteroatoms. The topological polar surface area (TPSA) is 64.7 Å². The number of rotatable bonds is 11. The number of carbonyl (C=O) groups is 2. The van der Waals surface area contributed by atoms with Crippen LogP contribution in [0, 0.1) is 0 Å². The maximum Gasteiger partial charge on any atom is 0.251 e. The molecule has 224 valence electrons. The van der Waals surface area contributed by atoms with Crippen LogP contribution in [0.4, 0.5) is 0 Å². The van der Waals surface area contributed by atoms with Gasteiger partial charge in [-0.25, -0.2) is 0 Å². The largest absolute Gasteiger partial charge is 0.350 e. The average Bonchev–Trinajstić information content (AvgIpc) is 3.15. The molecule has 42 heavy (non-hydrogen) atoms. The zero-order valence-electron chi connectivity index (χ0n) is 24.9. The van der Waals surface area contributed by atoms with Gasteiger partial charge in [-0.3, -0.25) is 9.59 Å². The quantitative estimate of drug-likeness (QED) is 0.265. The molecule has 0 radical (unpaired) electrons. The van der Waals surface area contributed by atoms with Gasteiger partial charge < -0.3 is 20.4 Å². The summed E-state index contributed by atoms with van der Waals surface area (Å²) in [6.07, 6.45) is 8.43. The van der Waals surface area contributed by atoms with E-state index in [9.17, 15) is 9.59 Å². The number of hydrogen-bond acceptors (Lipinski definition) is 4. The van der Waals surface area contributed by atoms with Crippen molar-refractivity contribution in [1.82, 2.24) is 20.4 Å². The number of nitrogens with one attached hydrogen (secondary N) is 2. The molecule has 2 amide bonds. The van der Waals surface area contributed by atoms with Crippen LogP contribution in [0.5, 0.6) is 0 Å². The first kappa shape index (κ1) is 30.5. The highest BCUT2D eigenvalue weighted by Gasteiger charge is 2.37. The molecule has 3 aromatic rings. The molecule has 2 fully saturated rings. The third kappa shape index (κ3) is 7.91. The number of piperidine rings is 1. The van der Waals surface area contributed by atoms with E-state index in [-0.39, 0.29) is 29.9 Å². The molecule has 0 spiro atoms. The molecular formula is C35H45ClN4O2. The minimum atomic E-state index is -0.257. The molecule has 0 aromatic heterocycles. The molecule has 3 atom stereocenters. The Morgan fingerprint density at radius 1 is 0.952 bits per heavy atom. The van der Waals surface area contributed by atoms with Crippen LogP contribution in [-0.2, 0) is 4.79 Å². The zero-order chi connectivity index (χ0) is 29.3. The molecule has 2 saturated heterocycles. The summed E-state index contributed by atoms with van der Waals surface area (Å²) in [5.74, 6) is 0.0861. The number of fused-ring (bicyclic) bond motifs is 1. The van der Waals surface area contributed by atoms with Crippen LogP contribution in [0.15, 0.2) is 66.7 Å². The van der Waals surface area contributed by atoms with E-state index in [1.54, 1.807) is 0 Å². The lowest BCUT2D eigenvalue weighted by Crippen LogP contribution is -2.49. The van der Waals surface area contributed by atoms with Crippen LogP contribution in [0.25, 0.3) is 10.8 Å². The van der Waals surface area contributed by atoms with E-state index in [1.807, 2.05) is 42.5 Å². The van der Waals surface area contributed by atoms with E-state index >= 15 is 0 Å². The van der Waals surface area contributed by atoms with E-state index in [1.165, 1.54) is 32.4 Å². The highest BCUT2D eigenvalue weighted by molar-refractivity contribution is 6.31. The SMILES string of the molecule is CCCCN1C(=O)C(CCCN2CCCCC2)N[C@H](CNC(=O)c2ccc3cc(Cl)ccc3c2)CC1c1ccccc1. The molecule has 2 N–H and O–H groups in total. The summed E-state index contributed by atoms with van der Waals surface area (Å²) in [5, 5.41) is 9.56. The summed E-state index contributed by atoms with van der Waals surface area (Å²) in [7, 11) is 0. The fraction of sp³-hybridized carbons (Fsp3) is 0.486. The summed E-state index contributed by atoms with van der Waals surface area (Å²) < 4.78 is 0. The summed E-state index contributed by atoms with van der Waals surface area (Å²) in [5.41, 5.74) is 1.78. The first-order chi connectivity index (χ1) is 20.5. The number of hydrogen-bond donors (Lipinski definition) is 2. The molecule has 3 aromatic carbocycles. The fourth-order valence-electron chi connectivity index (χ4n) is 6.49. The second kappa shape index (κ2) is 15.0. The molecule has 0 aliphatic carbocycles. The molecule has 5 rings (SSSR count). The van der Waals surface area contributed by atoms with Crippen molar-refractivity contribution in [3.63, 3.8) is 0 Å². The van der Waals surface area contributed by atoms with Gasteiger partial charge in [-0.15, -0.1) is 0 Å². The van der Waals surface area contributed by atoms with Crippen LogP contribution < -0.4 is 10.6 Å². The molecule has 2 heterocycles. The minimum absolute atomic E-state index is 0.0304. The molecule has 2 unspecified atom stereocenters. The lowest BCUT2D eigenvalue weighted by Gasteiger charge is -2.32. The normalized spacial score (nSPS) is 21.8. The van der Waals surface area contributed by atoms with Gasteiger partial charge in [-0.2, -0.15) is 0 Å². The van der Waals surface area contributed by atoms with E-state index in [4.69, 9.17) is 11.6 Å². The van der Waals surface area contributed by atoms with Crippen molar-refractivity contribution < 1.29 is 9.59 Å². The summed E-state index contributed by atoms with van der Waals surface area (Å²) in [6, 6.07) is 21.5. The predicted molar refractivity (Wildman–Crippen MR) is 172 cm³/mol. The van der Waals surface area contributed by atoms with Crippen molar-refractivity contribution in [2.45, 2.75) is 76.4 Å². The lowest BCUT2D eigenvalue weighted by atomic mass is 9.97. The second-order valence-corrected chi connectivity index (χ2v) is 12.4. The van der Waals surface area contributed by atoms with Crippen LogP contribution >= 0.6 is 11.6 Å².